The maximum atomic E-state index is 13.9. The van der Waals surface area contributed by atoms with Crippen molar-refractivity contribution < 1.29 is 28.9 Å². The Hall–Kier alpha value is -2.86. The summed E-state index contributed by atoms with van der Waals surface area (Å²) in [5, 5.41) is 18.7. The average molecular weight is 500 g/mol. The fraction of sp³-hybridized carbons (Fsp3) is 0.333. The third-order valence-electron chi connectivity index (χ3n) is 5.87. The van der Waals surface area contributed by atoms with Crippen molar-refractivity contribution in [1.29, 1.82) is 0 Å². The number of rotatable bonds is 10. The highest BCUT2D eigenvalue weighted by molar-refractivity contribution is 7.58. The first kappa shape index (κ1) is 26.7. The first-order chi connectivity index (χ1) is 16.5. The number of pyridine rings is 1. The van der Waals surface area contributed by atoms with Gasteiger partial charge in [0.2, 0.25) is 7.37 Å². The van der Waals surface area contributed by atoms with Crippen LogP contribution in [0, 0.1) is 12.7 Å². The molecule has 0 bridgehead atoms. The van der Waals surface area contributed by atoms with E-state index in [1.807, 2.05) is 57.2 Å². The van der Waals surface area contributed by atoms with Gasteiger partial charge in [0.25, 0.3) is 0 Å². The number of aliphatic hydroxyl groups excluding tert-OH is 1. The first-order valence-corrected chi connectivity index (χ1v) is 13.6. The van der Waals surface area contributed by atoms with Gasteiger partial charge in [-0.1, -0.05) is 50.2 Å². The molecule has 0 amide bonds. The minimum atomic E-state index is -3.82. The van der Waals surface area contributed by atoms with Crippen LogP contribution >= 0.6 is 7.37 Å². The molecule has 1 aromatic heterocycles. The van der Waals surface area contributed by atoms with Gasteiger partial charge in [-0.3, -0.25) is 14.3 Å². The van der Waals surface area contributed by atoms with E-state index in [1.165, 1.54) is 12.1 Å². The molecule has 2 atom stereocenters. The molecule has 2 aromatic carbocycles. The van der Waals surface area contributed by atoms with Crippen LogP contribution in [0.25, 0.3) is 22.4 Å². The number of aliphatic carboxylic acids is 1. The number of benzene rings is 2. The summed E-state index contributed by atoms with van der Waals surface area (Å²) >= 11 is 0. The summed E-state index contributed by atoms with van der Waals surface area (Å²) in [6.45, 7) is 5.81. The lowest BCUT2D eigenvalue weighted by Crippen LogP contribution is -2.19. The largest absolute Gasteiger partial charge is 0.481 e. The molecule has 0 saturated carbocycles. The van der Waals surface area contributed by atoms with Crippen molar-refractivity contribution in [2.75, 3.05) is 12.3 Å². The van der Waals surface area contributed by atoms with E-state index in [2.05, 4.69) is 0 Å². The molecule has 0 aliphatic heterocycles. The lowest BCUT2D eigenvalue weighted by atomic mass is 9.89. The summed E-state index contributed by atoms with van der Waals surface area (Å²) in [5.74, 6) is -1.57. The second kappa shape index (κ2) is 11.3. The normalized spacial score (nSPS) is 14.0. The van der Waals surface area contributed by atoms with E-state index < -0.39 is 32.0 Å². The number of nitrogens with zero attached hydrogens (tertiary/aromatic N) is 1. The average Bonchev–Trinajstić information content (AvgIpc) is 2.77. The molecule has 3 N–H and O–H groups in total. The quantitative estimate of drug-likeness (QED) is 0.312. The first-order valence-electron chi connectivity index (χ1n) is 11.5. The minimum Gasteiger partial charge on any atom is -0.481 e. The van der Waals surface area contributed by atoms with Gasteiger partial charge in [-0.05, 0) is 59.7 Å². The second-order valence-corrected chi connectivity index (χ2v) is 11.7. The molecule has 186 valence electrons. The monoisotopic (exact) mass is 499 g/mol. The van der Waals surface area contributed by atoms with Crippen molar-refractivity contribution in [3.8, 4) is 22.4 Å². The molecule has 3 rings (SSSR count). The zero-order valence-electron chi connectivity index (χ0n) is 20.1. The summed E-state index contributed by atoms with van der Waals surface area (Å²) < 4.78 is 26.7. The van der Waals surface area contributed by atoms with Crippen LogP contribution in [0.15, 0.2) is 54.6 Å². The van der Waals surface area contributed by atoms with Crippen molar-refractivity contribution in [1.82, 2.24) is 4.98 Å². The Bertz CT molecular complexity index is 1250. The van der Waals surface area contributed by atoms with Gasteiger partial charge in [0, 0.05) is 17.4 Å². The van der Waals surface area contributed by atoms with Crippen LogP contribution in [0.1, 0.15) is 43.0 Å². The molecular formula is C27H31FNO5P. The van der Waals surface area contributed by atoms with E-state index in [-0.39, 0.29) is 24.3 Å². The Morgan fingerprint density at radius 1 is 1.09 bits per heavy atom. The van der Waals surface area contributed by atoms with E-state index in [4.69, 9.17) is 10.1 Å². The van der Waals surface area contributed by atoms with Crippen LogP contribution < -0.4 is 0 Å². The highest BCUT2D eigenvalue weighted by Gasteiger charge is 2.27. The maximum absolute atomic E-state index is 13.9. The number of aryl methyl sites for hydroxylation is 1. The topological polar surface area (TPSA) is 108 Å². The standard InChI is InChI=1S/C27H31FNO5P/c1-17(2)27-23(11-12-35(33,34)16-21(30)14-26(31)32)24(22-10-9-20(28)13-18(22)3)15-25(29-27)19-7-5-4-6-8-19/h4-10,13,15,17,21,30H,11-12,14,16H2,1-3H3,(H,31,32)(H,33,34)/t21-/m0/s1. The number of aliphatic hydroxyl groups is 1. The molecule has 0 spiro atoms. The maximum Gasteiger partial charge on any atom is 0.305 e. The van der Waals surface area contributed by atoms with Crippen molar-refractivity contribution in [2.24, 2.45) is 0 Å². The third kappa shape index (κ3) is 7.07. The molecule has 0 fully saturated rings. The van der Waals surface area contributed by atoms with Gasteiger partial charge in [-0.15, -0.1) is 0 Å². The van der Waals surface area contributed by atoms with Crippen LogP contribution in [0.2, 0.25) is 0 Å². The van der Waals surface area contributed by atoms with Gasteiger partial charge >= 0.3 is 5.97 Å². The van der Waals surface area contributed by atoms with Crippen LogP contribution in [0.5, 0.6) is 0 Å². The fourth-order valence-electron chi connectivity index (χ4n) is 4.23. The predicted molar refractivity (Wildman–Crippen MR) is 135 cm³/mol. The number of carboxylic acids is 1. The molecule has 35 heavy (non-hydrogen) atoms. The summed E-state index contributed by atoms with van der Waals surface area (Å²) in [6.07, 6.45) is -2.41. The molecule has 1 unspecified atom stereocenters. The summed E-state index contributed by atoms with van der Waals surface area (Å²) in [5.41, 5.74) is 5.59. The van der Waals surface area contributed by atoms with Crippen molar-refractivity contribution in [3.63, 3.8) is 0 Å². The Kier molecular flexibility index (Phi) is 8.60. The van der Waals surface area contributed by atoms with E-state index in [0.29, 0.717) is 0 Å². The van der Waals surface area contributed by atoms with Crippen molar-refractivity contribution in [3.05, 3.63) is 77.2 Å². The zero-order valence-corrected chi connectivity index (χ0v) is 21.0. The number of hydrogen-bond acceptors (Lipinski definition) is 4. The van der Waals surface area contributed by atoms with Gasteiger partial charge in [0.05, 0.1) is 24.4 Å². The minimum absolute atomic E-state index is 0.00356. The summed E-state index contributed by atoms with van der Waals surface area (Å²) in [6, 6.07) is 16.2. The van der Waals surface area contributed by atoms with Gasteiger partial charge in [-0.2, -0.15) is 0 Å². The van der Waals surface area contributed by atoms with E-state index in [1.54, 1.807) is 6.07 Å². The Morgan fingerprint density at radius 3 is 2.37 bits per heavy atom. The van der Waals surface area contributed by atoms with Crippen LogP contribution in [-0.2, 0) is 15.8 Å². The molecule has 3 aromatic rings. The fourth-order valence-corrected chi connectivity index (χ4v) is 5.77. The molecule has 0 aliphatic rings. The van der Waals surface area contributed by atoms with Crippen molar-refractivity contribution >= 4 is 13.3 Å². The lowest BCUT2D eigenvalue weighted by Gasteiger charge is -2.22. The Morgan fingerprint density at radius 2 is 1.77 bits per heavy atom. The van der Waals surface area contributed by atoms with Crippen LogP contribution in [-0.4, -0.2) is 44.5 Å². The Labute approximate surface area is 205 Å². The lowest BCUT2D eigenvalue weighted by molar-refractivity contribution is -0.138. The van der Waals surface area contributed by atoms with E-state index in [0.717, 1.165) is 39.2 Å². The number of aromatic nitrogens is 1. The van der Waals surface area contributed by atoms with Gasteiger partial charge in [-0.25, -0.2) is 4.39 Å². The number of carbonyl (C=O) groups is 1. The smallest absolute Gasteiger partial charge is 0.305 e. The number of halogens is 1. The van der Waals surface area contributed by atoms with E-state index in [9.17, 15) is 23.7 Å². The molecule has 0 aliphatic carbocycles. The zero-order chi connectivity index (χ0) is 25.8. The second-order valence-electron chi connectivity index (χ2n) is 9.15. The van der Waals surface area contributed by atoms with Gasteiger partial charge in [0.15, 0.2) is 0 Å². The SMILES string of the molecule is Cc1cc(F)ccc1-c1cc(-c2ccccc2)nc(C(C)C)c1CCP(=O)(O)C[C@@H](O)CC(=O)O. The predicted octanol–water partition coefficient (Wildman–Crippen LogP) is 5.64. The van der Waals surface area contributed by atoms with Crippen molar-refractivity contribution in [2.45, 2.75) is 45.6 Å². The molecule has 0 radical (unpaired) electrons. The highest BCUT2D eigenvalue weighted by Crippen LogP contribution is 2.44. The van der Waals surface area contributed by atoms with Crippen LogP contribution in [0.4, 0.5) is 4.39 Å². The number of hydrogen-bond donors (Lipinski definition) is 3. The Balaban J connectivity index is 2.09. The molecule has 1 heterocycles. The molecule has 0 saturated heterocycles. The highest BCUT2D eigenvalue weighted by atomic mass is 31.2. The summed E-state index contributed by atoms with van der Waals surface area (Å²) in [7, 11) is -3.82. The number of carboxylic acid groups (broad SMARTS) is 1. The van der Waals surface area contributed by atoms with Crippen LogP contribution in [0.3, 0.4) is 0 Å². The third-order valence-corrected chi connectivity index (χ3v) is 7.78. The molecular weight excluding hydrogens is 468 g/mol. The molecule has 6 nitrogen and oxygen atoms in total. The molecule has 8 heteroatoms. The van der Waals surface area contributed by atoms with Gasteiger partial charge in [0.1, 0.15) is 5.82 Å². The summed E-state index contributed by atoms with van der Waals surface area (Å²) in [4.78, 5) is 26.2. The van der Waals surface area contributed by atoms with Gasteiger partial charge < -0.3 is 15.1 Å². The van der Waals surface area contributed by atoms with E-state index >= 15 is 0 Å².